The number of ether oxygens (including phenoxy) is 1. The zero-order chi connectivity index (χ0) is 16.4. The molecule has 3 aromatic heterocycles. The summed E-state index contributed by atoms with van der Waals surface area (Å²) >= 11 is 1.20. The van der Waals surface area contributed by atoms with Crippen molar-refractivity contribution >= 4 is 11.5 Å². The van der Waals surface area contributed by atoms with Gasteiger partial charge in [-0.1, -0.05) is 9.64 Å². The maximum Gasteiger partial charge on any atom is 0.271 e. The molecule has 0 bridgehead atoms. The predicted molar refractivity (Wildman–Crippen MR) is 84.5 cm³/mol. The first-order chi connectivity index (χ1) is 11.8. The molecule has 9 heteroatoms. The van der Waals surface area contributed by atoms with Gasteiger partial charge in [0.2, 0.25) is 5.89 Å². The molecule has 0 spiro atoms. The van der Waals surface area contributed by atoms with E-state index in [9.17, 15) is 0 Å². The normalized spacial score (nSPS) is 10.9. The number of aromatic nitrogens is 5. The lowest BCUT2D eigenvalue weighted by Gasteiger charge is -1.99. The number of rotatable bonds is 5. The molecule has 4 aromatic rings. The molecule has 0 aliphatic heterocycles. The fraction of sp³-hybridized carbons (Fsp3) is 0.133. The Hall–Kier alpha value is -3.07. The van der Waals surface area contributed by atoms with E-state index in [2.05, 4.69) is 24.7 Å². The fourth-order valence-electron chi connectivity index (χ4n) is 2.10. The van der Waals surface area contributed by atoms with Crippen LogP contribution in [0, 0.1) is 0 Å². The Kier molecular flexibility index (Phi) is 3.75. The lowest BCUT2D eigenvalue weighted by molar-refractivity contribution is 0.415. The lowest BCUT2D eigenvalue weighted by Crippen LogP contribution is -1.91. The van der Waals surface area contributed by atoms with Crippen LogP contribution in [0.25, 0.3) is 22.2 Å². The number of oxazole rings is 1. The highest BCUT2D eigenvalue weighted by molar-refractivity contribution is 7.09. The van der Waals surface area contributed by atoms with Crippen LogP contribution < -0.4 is 4.74 Å². The molecule has 0 aliphatic rings. The molecule has 0 saturated heterocycles. The van der Waals surface area contributed by atoms with Crippen molar-refractivity contribution in [2.24, 2.45) is 0 Å². The number of benzene rings is 1. The van der Waals surface area contributed by atoms with Crippen molar-refractivity contribution in [2.45, 2.75) is 6.42 Å². The second kappa shape index (κ2) is 6.20. The molecule has 0 fully saturated rings. The summed E-state index contributed by atoms with van der Waals surface area (Å²) in [5.74, 6) is 2.23. The SMILES string of the molecule is COc1ccc(-c2nc(Cc3noc(-c4cnns4)n3)co2)cc1. The number of hydrogen-bond acceptors (Lipinski definition) is 9. The highest BCUT2D eigenvalue weighted by Crippen LogP contribution is 2.23. The van der Waals surface area contributed by atoms with Gasteiger partial charge in [0.15, 0.2) is 5.82 Å². The third kappa shape index (κ3) is 2.88. The summed E-state index contributed by atoms with van der Waals surface area (Å²) in [7, 11) is 1.62. The largest absolute Gasteiger partial charge is 0.497 e. The van der Waals surface area contributed by atoms with Crippen molar-refractivity contribution in [3.05, 3.63) is 48.2 Å². The predicted octanol–water partition coefficient (Wildman–Crippen LogP) is 2.84. The smallest absolute Gasteiger partial charge is 0.271 e. The van der Waals surface area contributed by atoms with E-state index in [0.29, 0.717) is 24.0 Å². The summed E-state index contributed by atoms with van der Waals surface area (Å²) in [5, 5.41) is 7.68. The van der Waals surface area contributed by atoms with Crippen molar-refractivity contribution in [2.75, 3.05) is 7.11 Å². The van der Waals surface area contributed by atoms with Gasteiger partial charge >= 0.3 is 0 Å². The number of nitrogens with zero attached hydrogens (tertiary/aromatic N) is 5. The molecule has 24 heavy (non-hydrogen) atoms. The van der Waals surface area contributed by atoms with Gasteiger partial charge < -0.3 is 13.7 Å². The minimum Gasteiger partial charge on any atom is -0.497 e. The third-order valence-corrected chi connectivity index (χ3v) is 3.92. The van der Waals surface area contributed by atoms with Crippen molar-refractivity contribution in [1.82, 2.24) is 24.7 Å². The van der Waals surface area contributed by atoms with E-state index in [1.54, 1.807) is 19.6 Å². The van der Waals surface area contributed by atoms with Gasteiger partial charge in [-0.2, -0.15) is 4.98 Å². The van der Waals surface area contributed by atoms with Crippen LogP contribution in [0.3, 0.4) is 0 Å². The Labute approximate surface area is 140 Å². The molecule has 0 atom stereocenters. The first-order valence-corrected chi connectivity index (χ1v) is 7.78. The molecule has 0 N–H and O–H groups in total. The van der Waals surface area contributed by atoms with Gasteiger partial charge in [-0.05, 0) is 35.8 Å². The standard InChI is InChI=1S/C15H11N5O3S/c1-21-11-4-2-9(3-5-11)14-17-10(8-22-14)6-13-18-15(23-19-13)12-7-16-20-24-12/h2-5,7-8H,6H2,1H3. The van der Waals surface area contributed by atoms with Gasteiger partial charge in [0.25, 0.3) is 5.89 Å². The molecule has 8 nitrogen and oxygen atoms in total. The van der Waals surface area contributed by atoms with Crippen LogP contribution in [-0.2, 0) is 6.42 Å². The Bertz CT molecular complexity index is 930. The molecule has 4 rings (SSSR count). The summed E-state index contributed by atoms with van der Waals surface area (Å²) in [5.41, 5.74) is 1.59. The fourth-order valence-corrected chi connectivity index (χ4v) is 2.54. The molecule has 0 amide bonds. The minimum absolute atomic E-state index is 0.402. The Morgan fingerprint density at radius 3 is 2.75 bits per heavy atom. The zero-order valence-corrected chi connectivity index (χ0v) is 13.4. The zero-order valence-electron chi connectivity index (χ0n) is 12.5. The highest BCUT2D eigenvalue weighted by atomic mass is 32.1. The number of methoxy groups -OCH3 is 1. The van der Waals surface area contributed by atoms with E-state index >= 15 is 0 Å². The first-order valence-electron chi connectivity index (χ1n) is 7.01. The minimum atomic E-state index is 0.402. The topological polar surface area (TPSA) is 100.0 Å². The number of hydrogen-bond donors (Lipinski definition) is 0. The van der Waals surface area contributed by atoms with E-state index in [4.69, 9.17) is 13.7 Å². The van der Waals surface area contributed by atoms with E-state index in [1.165, 1.54) is 11.5 Å². The highest BCUT2D eigenvalue weighted by Gasteiger charge is 2.14. The van der Waals surface area contributed by atoms with E-state index in [0.717, 1.165) is 21.9 Å². The summed E-state index contributed by atoms with van der Waals surface area (Å²) < 4.78 is 19.6. The molecule has 3 heterocycles. The van der Waals surface area contributed by atoms with Crippen molar-refractivity contribution in [3.63, 3.8) is 0 Å². The summed E-state index contributed by atoms with van der Waals surface area (Å²) in [4.78, 5) is 9.49. The Balaban J connectivity index is 1.50. The van der Waals surface area contributed by atoms with E-state index in [1.807, 2.05) is 24.3 Å². The average Bonchev–Trinajstić information content (AvgIpc) is 3.37. The van der Waals surface area contributed by atoms with Gasteiger partial charge in [0.05, 0.1) is 25.4 Å². The quantitative estimate of drug-likeness (QED) is 0.546. The third-order valence-electron chi connectivity index (χ3n) is 3.27. The maximum absolute atomic E-state index is 5.52. The lowest BCUT2D eigenvalue weighted by atomic mass is 10.2. The van der Waals surface area contributed by atoms with E-state index in [-0.39, 0.29) is 0 Å². The second-order valence-corrected chi connectivity index (χ2v) is 5.63. The van der Waals surface area contributed by atoms with Crippen LogP contribution in [0.5, 0.6) is 5.75 Å². The summed E-state index contributed by atoms with van der Waals surface area (Å²) in [6.07, 6.45) is 3.58. The molecular weight excluding hydrogens is 330 g/mol. The van der Waals surface area contributed by atoms with Gasteiger partial charge in [0.1, 0.15) is 16.9 Å². The average molecular weight is 341 g/mol. The molecule has 1 aromatic carbocycles. The molecular formula is C15H11N5O3S. The molecule has 0 aliphatic carbocycles. The first kappa shape index (κ1) is 14.5. The maximum atomic E-state index is 5.52. The monoisotopic (exact) mass is 341 g/mol. The molecule has 0 unspecified atom stereocenters. The van der Waals surface area contributed by atoms with Crippen molar-refractivity contribution in [1.29, 1.82) is 0 Å². The van der Waals surface area contributed by atoms with Crippen LogP contribution in [0.2, 0.25) is 0 Å². The summed E-state index contributed by atoms with van der Waals surface area (Å²) in [6, 6.07) is 7.48. The van der Waals surface area contributed by atoms with Crippen LogP contribution in [0.1, 0.15) is 11.5 Å². The Morgan fingerprint density at radius 2 is 2.00 bits per heavy atom. The molecule has 0 radical (unpaired) electrons. The van der Waals surface area contributed by atoms with Crippen LogP contribution in [0.4, 0.5) is 0 Å². The molecule has 0 saturated carbocycles. The van der Waals surface area contributed by atoms with Crippen molar-refractivity contribution < 1.29 is 13.7 Å². The van der Waals surface area contributed by atoms with Crippen molar-refractivity contribution in [3.8, 4) is 28.0 Å². The van der Waals surface area contributed by atoms with Gasteiger partial charge in [-0.15, -0.1) is 5.10 Å². The van der Waals surface area contributed by atoms with E-state index < -0.39 is 0 Å². The van der Waals surface area contributed by atoms with Crippen LogP contribution in [-0.4, -0.2) is 31.8 Å². The van der Waals surface area contributed by atoms with Crippen LogP contribution in [0.15, 0.2) is 45.7 Å². The second-order valence-electron chi connectivity index (χ2n) is 4.85. The Morgan fingerprint density at radius 1 is 1.12 bits per heavy atom. The van der Waals surface area contributed by atoms with Gasteiger partial charge in [0, 0.05) is 5.56 Å². The van der Waals surface area contributed by atoms with Gasteiger partial charge in [-0.25, -0.2) is 4.98 Å². The van der Waals surface area contributed by atoms with Crippen LogP contribution >= 0.6 is 11.5 Å². The molecule has 120 valence electrons. The van der Waals surface area contributed by atoms with Gasteiger partial charge in [-0.3, -0.25) is 0 Å². The summed E-state index contributed by atoms with van der Waals surface area (Å²) in [6.45, 7) is 0.